The van der Waals surface area contributed by atoms with Gasteiger partial charge in [0.2, 0.25) is 0 Å². The molecule has 0 amide bonds. The minimum Gasteiger partial charge on any atom is -0.397 e. The second kappa shape index (κ2) is 4.80. The average Bonchev–Trinajstić information content (AvgIpc) is 3.10. The van der Waals surface area contributed by atoms with Crippen molar-refractivity contribution in [3.8, 4) is 6.07 Å². The van der Waals surface area contributed by atoms with Crippen LogP contribution in [0.25, 0.3) is 0 Å². The van der Waals surface area contributed by atoms with Crippen molar-refractivity contribution < 1.29 is 4.39 Å². The lowest BCUT2D eigenvalue weighted by molar-refractivity contribution is 0.628. The van der Waals surface area contributed by atoms with Gasteiger partial charge in [0.1, 0.15) is 5.82 Å². The third kappa shape index (κ3) is 2.62. The van der Waals surface area contributed by atoms with Gasteiger partial charge in [0.25, 0.3) is 0 Å². The molecule has 2 N–H and O–H groups in total. The normalized spacial score (nSPS) is 14.4. The van der Waals surface area contributed by atoms with Crippen LogP contribution in [-0.4, -0.2) is 12.6 Å². The van der Waals surface area contributed by atoms with Crippen molar-refractivity contribution in [1.82, 2.24) is 0 Å². The van der Waals surface area contributed by atoms with Gasteiger partial charge in [-0.3, -0.25) is 0 Å². The number of hydrogen-bond acceptors (Lipinski definition) is 3. The van der Waals surface area contributed by atoms with Gasteiger partial charge in [-0.1, -0.05) is 11.6 Å². The van der Waals surface area contributed by atoms with Gasteiger partial charge in [0.15, 0.2) is 0 Å². The molecule has 1 aliphatic rings. The second-order valence-electron chi connectivity index (χ2n) is 4.16. The van der Waals surface area contributed by atoms with E-state index in [1.54, 1.807) is 6.07 Å². The molecule has 1 aromatic carbocycles. The maximum atomic E-state index is 13.2. The lowest BCUT2D eigenvalue weighted by Crippen LogP contribution is -2.27. The summed E-state index contributed by atoms with van der Waals surface area (Å²) in [4.78, 5) is 2.05. The molecule has 0 aromatic heterocycles. The Morgan fingerprint density at radius 2 is 2.24 bits per heavy atom. The van der Waals surface area contributed by atoms with Crippen molar-refractivity contribution in [3.05, 3.63) is 23.0 Å². The fourth-order valence-electron chi connectivity index (χ4n) is 1.86. The Balaban J connectivity index is 2.29. The van der Waals surface area contributed by atoms with E-state index < -0.39 is 5.82 Å². The molecule has 3 nitrogen and oxygen atoms in total. The van der Waals surface area contributed by atoms with Gasteiger partial charge in [-0.2, -0.15) is 5.26 Å². The van der Waals surface area contributed by atoms with Crippen LogP contribution in [0.4, 0.5) is 15.8 Å². The summed E-state index contributed by atoms with van der Waals surface area (Å²) in [6.07, 6.45) is 2.59. The molecule has 17 heavy (non-hydrogen) atoms. The minimum absolute atomic E-state index is 0.0665. The zero-order chi connectivity index (χ0) is 12.4. The SMILES string of the molecule is N#CCCN(c1cc(Cl)c(F)cc1N)C1CC1. The smallest absolute Gasteiger partial charge is 0.143 e. The number of nitrogens with zero attached hydrogens (tertiary/aromatic N) is 2. The van der Waals surface area contributed by atoms with Crippen molar-refractivity contribution in [2.45, 2.75) is 25.3 Å². The number of benzene rings is 1. The quantitative estimate of drug-likeness (QED) is 0.840. The minimum atomic E-state index is -0.510. The van der Waals surface area contributed by atoms with Gasteiger partial charge >= 0.3 is 0 Å². The topological polar surface area (TPSA) is 53.0 Å². The Morgan fingerprint density at radius 3 is 2.82 bits per heavy atom. The molecule has 0 aliphatic heterocycles. The first-order valence-corrected chi connectivity index (χ1v) is 5.89. The van der Waals surface area contributed by atoms with E-state index in [9.17, 15) is 4.39 Å². The van der Waals surface area contributed by atoms with Crippen LogP contribution in [-0.2, 0) is 0 Å². The fraction of sp³-hybridized carbons (Fsp3) is 0.417. The Labute approximate surface area is 105 Å². The lowest BCUT2D eigenvalue weighted by atomic mass is 10.2. The van der Waals surface area contributed by atoms with Crippen LogP contribution in [0.5, 0.6) is 0 Å². The highest BCUT2D eigenvalue weighted by molar-refractivity contribution is 6.31. The molecule has 0 heterocycles. The van der Waals surface area contributed by atoms with E-state index in [1.807, 2.05) is 4.90 Å². The maximum Gasteiger partial charge on any atom is 0.143 e. The lowest BCUT2D eigenvalue weighted by Gasteiger charge is -2.25. The summed E-state index contributed by atoms with van der Waals surface area (Å²) >= 11 is 5.77. The van der Waals surface area contributed by atoms with E-state index in [4.69, 9.17) is 22.6 Å². The highest BCUT2D eigenvalue weighted by Gasteiger charge is 2.30. The molecule has 1 aliphatic carbocycles. The Kier molecular flexibility index (Phi) is 3.39. The first kappa shape index (κ1) is 12.0. The van der Waals surface area contributed by atoms with Crippen LogP contribution in [0.1, 0.15) is 19.3 Å². The molecule has 5 heteroatoms. The molecular formula is C12H13ClFN3. The van der Waals surface area contributed by atoms with Crippen molar-refractivity contribution >= 4 is 23.0 Å². The van der Waals surface area contributed by atoms with Crippen molar-refractivity contribution in [1.29, 1.82) is 5.26 Å². The summed E-state index contributed by atoms with van der Waals surface area (Å²) in [7, 11) is 0. The molecule has 0 atom stereocenters. The van der Waals surface area contributed by atoms with Gasteiger partial charge in [0, 0.05) is 18.7 Å². The molecule has 90 valence electrons. The van der Waals surface area contributed by atoms with Crippen molar-refractivity contribution in [3.63, 3.8) is 0 Å². The molecule has 2 rings (SSSR count). The zero-order valence-electron chi connectivity index (χ0n) is 9.29. The molecule has 1 aromatic rings. The summed E-state index contributed by atoms with van der Waals surface area (Å²) in [6, 6.07) is 5.30. The first-order valence-electron chi connectivity index (χ1n) is 5.51. The Morgan fingerprint density at radius 1 is 1.53 bits per heavy atom. The largest absolute Gasteiger partial charge is 0.397 e. The Bertz CT molecular complexity index is 466. The van der Waals surface area contributed by atoms with Gasteiger partial charge in [-0.15, -0.1) is 0 Å². The molecular weight excluding hydrogens is 241 g/mol. The monoisotopic (exact) mass is 253 g/mol. The van der Waals surface area contributed by atoms with Crippen LogP contribution in [0.2, 0.25) is 5.02 Å². The fourth-order valence-corrected chi connectivity index (χ4v) is 2.01. The van der Waals surface area contributed by atoms with Crippen LogP contribution >= 0.6 is 11.6 Å². The van der Waals surface area contributed by atoms with E-state index in [0.29, 0.717) is 24.7 Å². The second-order valence-corrected chi connectivity index (χ2v) is 4.57. The van der Waals surface area contributed by atoms with Crippen LogP contribution in [0.15, 0.2) is 12.1 Å². The summed E-state index contributed by atoms with van der Waals surface area (Å²) in [5.74, 6) is -0.510. The summed E-state index contributed by atoms with van der Waals surface area (Å²) < 4.78 is 13.2. The number of nitriles is 1. The van der Waals surface area contributed by atoms with E-state index >= 15 is 0 Å². The molecule has 0 unspecified atom stereocenters. The highest BCUT2D eigenvalue weighted by Crippen LogP contribution is 2.37. The summed E-state index contributed by atoms with van der Waals surface area (Å²) in [5.41, 5.74) is 6.91. The molecule has 1 saturated carbocycles. The molecule has 0 spiro atoms. The predicted octanol–water partition coefficient (Wildman–Crippen LogP) is 2.94. The average molecular weight is 254 g/mol. The third-order valence-electron chi connectivity index (χ3n) is 2.83. The van der Waals surface area contributed by atoms with Crippen LogP contribution in [0.3, 0.4) is 0 Å². The number of nitrogen functional groups attached to an aromatic ring is 1. The predicted molar refractivity (Wildman–Crippen MR) is 66.4 cm³/mol. The number of rotatable bonds is 4. The van der Waals surface area contributed by atoms with Crippen molar-refractivity contribution in [2.75, 3.05) is 17.2 Å². The number of hydrogen-bond donors (Lipinski definition) is 1. The number of anilines is 2. The van der Waals surface area contributed by atoms with E-state index in [2.05, 4.69) is 6.07 Å². The highest BCUT2D eigenvalue weighted by atomic mass is 35.5. The standard InChI is InChI=1S/C12H13ClFN3/c13-9-6-12(11(16)7-10(9)14)17(5-1-4-15)8-2-3-8/h6-8H,1-3,5,16H2. The van der Waals surface area contributed by atoms with E-state index in [-0.39, 0.29) is 5.02 Å². The number of nitrogens with two attached hydrogens (primary N) is 1. The van der Waals surface area contributed by atoms with Crippen LogP contribution in [0, 0.1) is 17.1 Å². The molecule has 1 fully saturated rings. The number of halogens is 2. The van der Waals surface area contributed by atoms with Crippen LogP contribution < -0.4 is 10.6 Å². The summed E-state index contributed by atoms with van der Waals surface area (Å²) in [5, 5.41) is 8.70. The summed E-state index contributed by atoms with van der Waals surface area (Å²) in [6.45, 7) is 0.604. The van der Waals surface area contributed by atoms with Gasteiger partial charge in [0.05, 0.1) is 28.9 Å². The van der Waals surface area contributed by atoms with Gasteiger partial charge in [-0.25, -0.2) is 4.39 Å². The third-order valence-corrected chi connectivity index (χ3v) is 3.12. The zero-order valence-corrected chi connectivity index (χ0v) is 10.0. The van der Waals surface area contributed by atoms with Gasteiger partial charge < -0.3 is 10.6 Å². The van der Waals surface area contributed by atoms with E-state index in [0.717, 1.165) is 18.5 Å². The maximum absolute atomic E-state index is 13.2. The first-order chi connectivity index (χ1) is 8.13. The molecule has 0 bridgehead atoms. The molecule has 0 radical (unpaired) electrons. The van der Waals surface area contributed by atoms with Crippen molar-refractivity contribution in [2.24, 2.45) is 0 Å². The Hall–Kier alpha value is -1.47. The van der Waals surface area contributed by atoms with Gasteiger partial charge in [-0.05, 0) is 18.9 Å². The molecule has 0 saturated heterocycles. The van der Waals surface area contributed by atoms with E-state index in [1.165, 1.54) is 6.07 Å².